The fourth-order valence-electron chi connectivity index (χ4n) is 2.19. The normalized spacial score (nSPS) is 14.2. The van der Waals surface area contributed by atoms with Crippen molar-refractivity contribution in [3.8, 4) is 0 Å². The number of carboxylic acids is 1. The van der Waals surface area contributed by atoms with Crippen LogP contribution in [0.15, 0.2) is 0 Å². The lowest BCUT2D eigenvalue weighted by molar-refractivity contribution is -0.150. The van der Waals surface area contributed by atoms with Crippen LogP contribution in [-0.4, -0.2) is 52.7 Å². The Kier molecular flexibility index (Phi) is 8.23. The summed E-state index contributed by atoms with van der Waals surface area (Å²) < 4.78 is 5.18. The van der Waals surface area contributed by atoms with Gasteiger partial charge >= 0.3 is 12.1 Å². The SMILES string of the molecule is CC(C)C[C@@H](C(=O)O)N(C)C(=O)[C@@H](NC(=O)OC(C)(C)C)C(C)C. The highest BCUT2D eigenvalue weighted by Crippen LogP contribution is 2.15. The van der Waals surface area contributed by atoms with Crippen LogP contribution in [0.5, 0.6) is 0 Å². The number of nitrogens with one attached hydrogen (secondary N) is 1. The van der Waals surface area contributed by atoms with Crippen molar-refractivity contribution in [1.82, 2.24) is 10.2 Å². The molecular weight excluding hydrogens is 312 g/mol. The first-order valence-electron chi connectivity index (χ1n) is 8.25. The summed E-state index contributed by atoms with van der Waals surface area (Å²) in [5.74, 6) is -1.58. The lowest BCUT2D eigenvalue weighted by Gasteiger charge is -2.32. The molecule has 0 radical (unpaired) electrons. The average molecular weight is 344 g/mol. The van der Waals surface area contributed by atoms with Crippen LogP contribution in [0.2, 0.25) is 0 Å². The van der Waals surface area contributed by atoms with Gasteiger partial charge in [0.25, 0.3) is 0 Å². The zero-order chi connectivity index (χ0) is 19.2. The van der Waals surface area contributed by atoms with E-state index in [0.29, 0.717) is 6.42 Å². The highest BCUT2D eigenvalue weighted by Gasteiger charge is 2.34. The standard InChI is InChI=1S/C17H32N2O5/c1-10(2)9-12(15(21)22)19(8)14(20)13(11(3)4)18-16(23)24-17(5,6)7/h10-13H,9H2,1-8H3,(H,18,23)(H,21,22)/t12-,13-/m0/s1. The largest absolute Gasteiger partial charge is 0.480 e. The van der Waals surface area contributed by atoms with Crippen LogP contribution in [0.1, 0.15) is 54.9 Å². The number of aliphatic carboxylic acids is 1. The topological polar surface area (TPSA) is 95.9 Å². The molecule has 0 saturated carbocycles. The molecule has 0 aliphatic carbocycles. The number of hydrogen-bond donors (Lipinski definition) is 2. The molecule has 0 rings (SSSR count). The van der Waals surface area contributed by atoms with Gasteiger partial charge in [0.05, 0.1) is 0 Å². The maximum atomic E-state index is 12.7. The van der Waals surface area contributed by atoms with Gasteiger partial charge in [-0.1, -0.05) is 27.7 Å². The first-order chi connectivity index (χ1) is 10.8. The first-order valence-corrected chi connectivity index (χ1v) is 8.25. The molecular formula is C17H32N2O5. The number of rotatable bonds is 7. The van der Waals surface area contributed by atoms with Gasteiger partial charge in [0.15, 0.2) is 0 Å². The van der Waals surface area contributed by atoms with E-state index in [-0.39, 0.29) is 11.8 Å². The van der Waals surface area contributed by atoms with Crippen molar-refractivity contribution in [3.63, 3.8) is 0 Å². The monoisotopic (exact) mass is 344 g/mol. The summed E-state index contributed by atoms with van der Waals surface area (Å²) in [5, 5.41) is 11.9. The Morgan fingerprint density at radius 2 is 1.62 bits per heavy atom. The number of alkyl carbamates (subject to hydrolysis) is 1. The maximum Gasteiger partial charge on any atom is 0.408 e. The quantitative estimate of drug-likeness (QED) is 0.740. The molecule has 0 aliphatic heterocycles. The molecule has 140 valence electrons. The Labute approximate surface area is 144 Å². The molecule has 0 aromatic heterocycles. The predicted molar refractivity (Wildman–Crippen MR) is 91.6 cm³/mol. The number of hydrogen-bond acceptors (Lipinski definition) is 4. The van der Waals surface area contributed by atoms with Crippen LogP contribution in [0, 0.1) is 11.8 Å². The molecule has 2 amide bonds. The third-order valence-corrected chi connectivity index (χ3v) is 3.40. The maximum absolute atomic E-state index is 12.7. The fraction of sp³-hybridized carbons (Fsp3) is 0.824. The van der Waals surface area contributed by atoms with Crippen molar-refractivity contribution in [3.05, 3.63) is 0 Å². The number of nitrogens with zero attached hydrogens (tertiary/aromatic N) is 1. The molecule has 0 spiro atoms. The zero-order valence-corrected chi connectivity index (χ0v) is 16.0. The van der Waals surface area contributed by atoms with E-state index < -0.39 is 35.7 Å². The van der Waals surface area contributed by atoms with E-state index in [1.54, 1.807) is 34.6 Å². The lowest BCUT2D eigenvalue weighted by atomic mass is 9.99. The summed E-state index contributed by atoms with van der Waals surface area (Å²) in [4.78, 5) is 37.3. The Bertz CT molecular complexity index is 454. The van der Waals surface area contributed by atoms with Gasteiger partial charge in [0, 0.05) is 7.05 Å². The highest BCUT2D eigenvalue weighted by molar-refractivity contribution is 5.89. The van der Waals surface area contributed by atoms with Crippen molar-refractivity contribution < 1.29 is 24.2 Å². The van der Waals surface area contributed by atoms with Crippen molar-refractivity contribution >= 4 is 18.0 Å². The summed E-state index contributed by atoms with van der Waals surface area (Å²) in [7, 11) is 1.45. The summed E-state index contributed by atoms with van der Waals surface area (Å²) >= 11 is 0. The molecule has 0 unspecified atom stereocenters. The van der Waals surface area contributed by atoms with Gasteiger partial charge in [-0.25, -0.2) is 9.59 Å². The van der Waals surface area contributed by atoms with Gasteiger partial charge in [0.1, 0.15) is 17.7 Å². The Morgan fingerprint density at radius 3 is 1.96 bits per heavy atom. The van der Waals surface area contributed by atoms with E-state index >= 15 is 0 Å². The van der Waals surface area contributed by atoms with E-state index in [9.17, 15) is 19.5 Å². The highest BCUT2D eigenvalue weighted by atomic mass is 16.6. The molecule has 2 N–H and O–H groups in total. The fourth-order valence-corrected chi connectivity index (χ4v) is 2.19. The summed E-state index contributed by atoms with van der Waals surface area (Å²) in [6.45, 7) is 12.5. The minimum atomic E-state index is -1.06. The summed E-state index contributed by atoms with van der Waals surface area (Å²) in [6, 6.07) is -1.78. The number of carbonyl (C=O) groups excluding carboxylic acids is 2. The molecule has 0 fully saturated rings. The van der Waals surface area contributed by atoms with Crippen LogP contribution in [-0.2, 0) is 14.3 Å². The van der Waals surface area contributed by atoms with Crippen LogP contribution in [0.25, 0.3) is 0 Å². The first kappa shape index (κ1) is 22.2. The molecule has 0 aromatic rings. The van der Waals surface area contributed by atoms with Crippen LogP contribution >= 0.6 is 0 Å². The van der Waals surface area contributed by atoms with Crippen molar-refractivity contribution in [2.24, 2.45) is 11.8 Å². The van der Waals surface area contributed by atoms with E-state index in [0.717, 1.165) is 0 Å². The summed E-state index contributed by atoms with van der Waals surface area (Å²) in [5.41, 5.74) is -0.679. The molecule has 0 aliphatic rings. The minimum Gasteiger partial charge on any atom is -0.480 e. The second-order valence-corrected chi connectivity index (χ2v) is 7.80. The van der Waals surface area contributed by atoms with Gasteiger partial charge in [-0.3, -0.25) is 4.79 Å². The Balaban J connectivity index is 5.19. The van der Waals surface area contributed by atoms with E-state index in [1.165, 1.54) is 11.9 Å². The Morgan fingerprint density at radius 1 is 1.12 bits per heavy atom. The average Bonchev–Trinajstić information content (AvgIpc) is 2.37. The number of likely N-dealkylation sites (N-methyl/N-ethyl adjacent to an activating group) is 1. The van der Waals surface area contributed by atoms with Crippen LogP contribution < -0.4 is 5.32 Å². The third-order valence-electron chi connectivity index (χ3n) is 3.40. The molecule has 0 heterocycles. The van der Waals surface area contributed by atoms with E-state index in [1.807, 2.05) is 13.8 Å². The second-order valence-electron chi connectivity index (χ2n) is 7.80. The number of carboxylic acid groups (broad SMARTS) is 1. The molecule has 24 heavy (non-hydrogen) atoms. The van der Waals surface area contributed by atoms with Crippen LogP contribution in [0.3, 0.4) is 0 Å². The molecule has 0 aromatic carbocycles. The van der Waals surface area contributed by atoms with Gasteiger partial charge < -0.3 is 20.1 Å². The number of carbonyl (C=O) groups is 3. The van der Waals surface area contributed by atoms with Gasteiger partial charge in [0.2, 0.25) is 5.91 Å². The minimum absolute atomic E-state index is 0.123. The smallest absolute Gasteiger partial charge is 0.408 e. The van der Waals surface area contributed by atoms with Gasteiger partial charge in [-0.05, 0) is 39.0 Å². The van der Waals surface area contributed by atoms with Crippen molar-refractivity contribution in [2.75, 3.05) is 7.05 Å². The van der Waals surface area contributed by atoms with Gasteiger partial charge in [-0.15, -0.1) is 0 Å². The van der Waals surface area contributed by atoms with Crippen LogP contribution in [0.4, 0.5) is 4.79 Å². The van der Waals surface area contributed by atoms with E-state index in [2.05, 4.69) is 5.32 Å². The Hall–Kier alpha value is -1.79. The van der Waals surface area contributed by atoms with Gasteiger partial charge in [-0.2, -0.15) is 0 Å². The van der Waals surface area contributed by atoms with Crippen molar-refractivity contribution in [2.45, 2.75) is 72.6 Å². The predicted octanol–water partition coefficient (Wildman–Crippen LogP) is 2.49. The molecule has 7 heteroatoms. The molecule has 0 bridgehead atoms. The van der Waals surface area contributed by atoms with E-state index in [4.69, 9.17) is 4.74 Å². The molecule has 7 nitrogen and oxygen atoms in total. The third kappa shape index (κ3) is 7.66. The molecule has 2 atom stereocenters. The summed E-state index contributed by atoms with van der Waals surface area (Å²) in [6.07, 6.45) is -0.354. The number of ether oxygens (including phenoxy) is 1. The lowest BCUT2D eigenvalue weighted by Crippen LogP contribution is -2.55. The molecule has 0 saturated heterocycles. The zero-order valence-electron chi connectivity index (χ0n) is 16.0. The number of amides is 2. The van der Waals surface area contributed by atoms with Crippen molar-refractivity contribution in [1.29, 1.82) is 0 Å². The second kappa shape index (κ2) is 8.89.